The highest BCUT2D eigenvalue weighted by atomic mass is 15.4. The minimum absolute atomic E-state index is 0.914. The van der Waals surface area contributed by atoms with E-state index in [1.165, 1.54) is 0 Å². The van der Waals surface area contributed by atoms with Crippen LogP contribution in [0, 0.1) is 6.92 Å². The van der Waals surface area contributed by atoms with Gasteiger partial charge in [-0.3, -0.25) is 4.68 Å². The van der Waals surface area contributed by atoms with Gasteiger partial charge in [0.05, 0.1) is 5.69 Å². The summed E-state index contributed by atoms with van der Waals surface area (Å²) in [5.74, 6) is 0. The van der Waals surface area contributed by atoms with Crippen LogP contribution in [-0.2, 0) is 7.05 Å². The number of rotatable bonds is 3. The second-order valence-corrected chi connectivity index (χ2v) is 3.03. The zero-order valence-electron chi connectivity index (χ0n) is 8.41. The third-order valence-corrected chi connectivity index (χ3v) is 2.07. The Kier molecular flexibility index (Phi) is 3.01. The highest BCUT2D eigenvalue weighted by Gasteiger charge is 2.00. The number of aryl methyl sites for hydroxylation is 1. The van der Waals surface area contributed by atoms with Gasteiger partial charge in [-0.25, -0.2) is 0 Å². The van der Waals surface area contributed by atoms with Crippen molar-refractivity contribution in [2.45, 2.75) is 20.3 Å². The van der Waals surface area contributed by atoms with Crippen molar-refractivity contribution >= 4 is 6.08 Å². The molecule has 0 bridgehead atoms. The van der Waals surface area contributed by atoms with Crippen molar-refractivity contribution in [1.82, 2.24) is 15.0 Å². The highest BCUT2D eigenvalue weighted by Crippen LogP contribution is 2.07. The van der Waals surface area contributed by atoms with Crippen molar-refractivity contribution in [3.63, 3.8) is 0 Å². The first kappa shape index (κ1) is 9.71. The predicted octanol–water partition coefficient (Wildman–Crippen LogP) is 2.10. The molecule has 0 unspecified atom stereocenters. The molecule has 13 heavy (non-hydrogen) atoms. The molecule has 3 nitrogen and oxygen atoms in total. The molecule has 0 aliphatic rings. The number of allylic oxidation sites excluding steroid dienone is 2. The van der Waals surface area contributed by atoms with E-state index >= 15 is 0 Å². The van der Waals surface area contributed by atoms with E-state index in [9.17, 15) is 0 Å². The van der Waals surface area contributed by atoms with E-state index in [0.29, 0.717) is 0 Å². The van der Waals surface area contributed by atoms with Crippen molar-refractivity contribution in [2.24, 2.45) is 7.05 Å². The summed E-state index contributed by atoms with van der Waals surface area (Å²) in [7, 11) is 1.88. The fraction of sp³-hybridized carbons (Fsp3) is 0.400. The molecule has 1 heterocycles. The Balaban J connectivity index is 2.80. The lowest BCUT2D eigenvalue weighted by Crippen LogP contribution is -1.92. The van der Waals surface area contributed by atoms with Crippen LogP contribution in [0.5, 0.6) is 0 Å². The molecule has 1 rings (SSSR count). The van der Waals surface area contributed by atoms with Crippen LogP contribution in [0.25, 0.3) is 6.08 Å². The normalized spacial score (nSPS) is 11.0. The third kappa shape index (κ3) is 2.28. The number of hydrogen-bond acceptors (Lipinski definition) is 2. The van der Waals surface area contributed by atoms with E-state index in [4.69, 9.17) is 0 Å². The summed E-state index contributed by atoms with van der Waals surface area (Å²) in [5, 5.41) is 7.91. The third-order valence-electron chi connectivity index (χ3n) is 2.07. The topological polar surface area (TPSA) is 30.7 Å². The minimum atomic E-state index is 0.914. The maximum atomic E-state index is 4.01. The van der Waals surface area contributed by atoms with Crippen molar-refractivity contribution in [3.05, 3.63) is 29.6 Å². The Morgan fingerprint density at radius 3 is 2.77 bits per heavy atom. The van der Waals surface area contributed by atoms with Gasteiger partial charge in [0.2, 0.25) is 0 Å². The van der Waals surface area contributed by atoms with Gasteiger partial charge >= 0.3 is 0 Å². The van der Waals surface area contributed by atoms with Crippen LogP contribution in [0.15, 0.2) is 18.2 Å². The molecule has 1 aromatic heterocycles. The number of aromatic nitrogens is 3. The molecule has 0 aliphatic heterocycles. The Hall–Kier alpha value is -1.38. The van der Waals surface area contributed by atoms with Gasteiger partial charge in [0.15, 0.2) is 0 Å². The molecule has 0 N–H and O–H groups in total. The van der Waals surface area contributed by atoms with Gasteiger partial charge in [0.1, 0.15) is 5.69 Å². The number of hydrogen-bond donors (Lipinski definition) is 0. The zero-order valence-corrected chi connectivity index (χ0v) is 8.41. The van der Waals surface area contributed by atoms with Gasteiger partial charge in [0, 0.05) is 7.05 Å². The van der Waals surface area contributed by atoms with Crippen LogP contribution in [-0.4, -0.2) is 15.0 Å². The predicted molar refractivity (Wildman–Crippen MR) is 54.2 cm³/mol. The van der Waals surface area contributed by atoms with Crippen LogP contribution >= 0.6 is 0 Å². The van der Waals surface area contributed by atoms with Gasteiger partial charge in [-0.15, -0.1) is 5.10 Å². The molecule has 0 saturated heterocycles. The Bertz CT molecular complexity index is 334. The minimum Gasteiger partial charge on any atom is -0.252 e. The SMILES string of the molecule is C=C(/C=C\c1nnn(C)c1C)CC. The lowest BCUT2D eigenvalue weighted by Gasteiger charge is -1.92. The Morgan fingerprint density at radius 1 is 1.62 bits per heavy atom. The summed E-state index contributed by atoms with van der Waals surface area (Å²) in [6.07, 6.45) is 4.90. The summed E-state index contributed by atoms with van der Waals surface area (Å²) < 4.78 is 1.76. The lowest BCUT2D eigenvalue weighted by molar-refractivity contribution is 0.696. The molecule has 3 heteroatoms. The fourth-order valence-corrected chi connectivity index (χ4v) is 0.889. The second-order valence-electron chi connectivity index (χ2n) is 3.03. The van der Waals surface area contributed by atoms with Crippen LogP contribution < -0.4 is 0 Å². The summed E-state index contributed by atoms with van der Waals surface area (Å²) in [5.41, 5.74) is 3.09. The second kappa shape index (κ2) is 4.03. The van der Waals surface area contributed by atoms with Gasteiger partial charge in [-0.1, -0.05) is 30.4 Å². The molecule has 70 valence electrons. The van der Waals surface area contributed by atoms with Crippen LogP contribution in [0.1, 0.15) is 24.7 Å². The average Bonchev–Trinajstić information content (AvgIpc) is 2.44. The molecule has 0 aliphatic carbocycles. The van der Waals surface area contributed by atoms with E-state index in [1.807, 2.05) is 26.1 Å². The summed E-state index contributed by atoms with van der Waals surface area (Å²) in [6.45, 7) is 7.96. The summed E-state index contributed by atoms with van der Waals surface area (Å²) in [6, 6.07) is 0. The lowest BCUT2D eigenvalue weighted by atomic mass is 10.2. The van der Waals surface area contributed by atoms with E-state index < -0.39 is 0 Å². The van der Waals surface area contributed by atoms with Crippen LogP contribution in [0.4, 0.5) is 0 Å². The van der Waals surface area contributed by atoms with Gasteiger partial charge in [0.25, 0.3) is 0 Å². The maximum absolute atomic E-state index is 4.01. The smallest absolute Gasteiger partial charge is 0.108 e. The Labute approximate surface area is 78.8 Å². The number of nitrogens with zero attached hydrogens (tertiary/aromatic N) is 3. The largest absolute Gasteiger partial charge is 0.252 e. The fourth-order valence-electron chi connectivity index (χ4n) is 0.889. The highest BCUT2D eigenvalue weighted by molar-refractivity contribution is 5.50. The molecular formula is C10H15N3. The van der Waals surface area contributed by atoms with E-state index in [0.717, 1.165) is 23.4 Å². The molecular weight excluding hydrogens is 162 g/mol. The summed E-state index contributed by atoms with van der Waals surface area (Å²) in [4.78, 5) is 0. The first-order chi connectivity index (χ1) is 6.15. The van der Waals surface area contributed by atoms with E-state index in [1.54, 1.807) is 4.68 Å². The van der Waals surface area contributed by atoms with Gasteiger partial charge in [-0.05, 0) is 19.4 Å². The van der Waals surface area contributed by atoms with E-state index in [2.05, 4.69) is 23.8 Å². The molecule has 0 saturated carbocycles. The van der Waals surface area contributed by atoms with E-state index in [-0.39, 0.29) is 0 Å². The van der Waals surface area contributed by atoms with Gasteiger partial charge in [-0.2, -0.15) is 0 Å². The van der Waals surface area contributed by atoms with Crippen molar-refractivity contribution < 1.29 is 0 Å². The first-order valence-corrected chi connectivity index (χ1v) is 4.37. The van der Waals surface area contributed by atoms with Crippen LogP contribution in [0.3, 0.4) is 0 Å². The molecule has 0 atom stereocenters. The van der Waals surface area contributed by atoms with Gasteiger partial charge < -0.3 is 0 Å². The molecule has 0 fully saturated rings. The molecule has 0 aromatic carbocycles. The molecule has 0 spiro atoms. The average molecular weight is 177 g/mol. The molecule has 0 radical (unpaired) electrons. The first-order valence-electron chi connectivity index (χ1n) is 4.37. The Morgan fingerprint density at radius 2 is 2.31 bits per heavy atom. The quantitative estimate of drug-likeness (QED) is 0.662. The monoisotopic (exact) mass is 177 g/mol. The zero-order chi connectivity index (χ0) is 9.84. The standard InChI is InChI=1S/C10H15N3/c1-5-8(2)6-7-10-9(3)13(4)12-11-10/h6-7H,2,5H2,1,3-4H3/b7-6-. The summed E-state index contributed by atoms with van der Waals surface area (Å²) >= 11 is 0. The molecule has 1 aromatic rings. The van der Waals surface area contributed by atoms with Crippen molar-refractivity contribution in [3.8, 4) is 0 Å². The molecule has 0 amide bonds. The van der Waals surface area contributed by atoms with Crippen molar-refractivity contribution in [1.29, 1.82) is 0 Å². The maximum Gasteiger partial charge on any atom is 0.108 e. The van der Waals surface area contributed by atoms with Crippen molar-refractivity contribution in [2.75, 3.05) is 0 Å². The van der Waals surface area contributed by atoms with Crippen LogP contribution in [0.2, 0.25) is 0 Å².